The predicted octanol–water partition coefficient (Wildman–Crippen LogP) is 0.720. The average Bonchev–Trinajstić information content (AvgIpc) is 2.57. The maximum Gasteiger partial charge on any atom is 0.338 e. The van der Waals surface area contributed by atoms with Crippen LogP contribution in [-0.2, 0) is 14.3 Å². The molecule has 3 N–H and O–H groups in total. The molecule has 0 saturated heterocycles. The van der Waals surface area contributed by atoms with Crippen molar-refractivity contribution < 1.29 is 44.0 Å². The van der Waals surface area contributed by atoms with Gasteiger partial charge in [-0.2, -0.15) is 0 Å². The molecule has 0 aliphatic rings. The van der Waals surface area contributed by atoms with E-state index < -0.39 is 54.3 Å². The maximum absolute atomic E-state index is 11.9. The Kier molecular flexibility index (Phi) is 7.29. The molecule has 0 saturated carbocycles. The summed E-state index contributed by atoms with van der Waals surface area (Å²) in [6.07, 6.45) is 1.33. The van der Waals surface area contributed by atoms with E-state index in [-0.39, 0.29) is 5.56 Å². The van der Waals surface area contributed by atoms with Crippen molar-refractivity contribution in [2.24, 2.45) is 0 Å². The minimum Gasteiger partial charge on any atom is -0.478 e. The molecule has 1 aromatic rings. The molecule has 134 valence electrons. The Morgan fingerprint density at radius 1 is 1.04 bits per heavy atom. The van der Waals surface area contributed by atoms with Crippen molar-refractivity contribution in [2.45, 2.75) is 13.0 Å². The minimum absolute atomic E-state index is 0.194. The Morgan fingerprint density at radius 3 is 2.20 bits per heavy atom. The number of aliphatic hydroxyl groups is 1. The fourth-order valence-corrected chi connectivity index (χ4v) is 1.70. The van der Waals surface area contributed by atoms with Crippen LogP contribution in [0.25, 0.3) is 0 Å². The van der Waals surface area contributed by atoms with Crippen LogP contribution in [0.3, 0.4) is 0 Å². The molecule has 0 fully saturated rings. The fraction of sp³-hybridized carbons (Fsp3) is 0.250. The molecule has 1 unspecified atom stereocenters. The molecule has 0 aliphatic carbocycles. The number of aliphatic hydroxyl groups excluding tert-OH is 1. The van der Waals surface area contributed by atoms with Gasteiger partial charge in [0.1, 0.15) is 19.3 Å². The summed E-state index contributed by atoms with van der Waals surface area (Å²) in [7, 11) is 0. The van der Waals surface area contributed by atoms with Crippen LogP contribution in [0.2, 0.25) is 0 Å². The van der Waals surface area contributed by atoms with Gasteiger partial charge in [0.05, 0.1) is 16.7 Å². The van der Waals surface area contributed by atoms with Crippen molar-refractivity contribution >= 4 is 23.9 Å². The highest BCUT2D eigenvalue weighted by Crippen LogP contribution is 2.14. The second kappa shape index (κ2) is 9.18. The first-order chi connectivity index (χ1) is 11.8. The molecule has 0 radical (unpaired) electrons. The molecule has 9 heteroatoms. The number of esters is 2. The highest BCUT2D eigenvalue weighted by atomic mass is 16.6. The van der Waals surface area contributed by atoms with E-state index >= 15 is 0 Å². The summed E-state index contributed by atoms with van der Waals surface area (Å²) in [5.74, 6) is -4.58. The number of hydrogen-bond donors (Lipinski definition) is 3. The Hall–Kier alpha value is -3.20. The standard InChI is InChI=1S/C16H16O9/c1-2-3-13(18)24-7-10(17)8-25-16(23)9-4-5-11(14(19)20)12(6-9)15(21)22/h2-6,10,17H,7-8H2,1H3,(H,19,20)(H,21,22). The molecule has 0 aromatic heterocycles. The van der Waals surface area contributed by atoms with E-state index in [1.807, 2.05) is 0 Å². The third-order valence-corrected chi connectivity index (χ3v) is 2.84. The topological polar surface area (TPSA) is 147 Å². The summed E-state index contributed by atoms with van der Waals surface area (Å²) < 4.78 is 9.44. The molecule has 0 amide bonds. The van der Waals surface area contributed by atoms with Crippen LogP contribution in [0.4, 0.5) is 0 Å². The van der Waals surface area contributed by atoms with Gasteiger partial charge in [0.25, 0.3) is 0 Å². The minimum atomic E-state index is -1.51. The quantitative estimate of drug-likeness (QED) is 0.454. The van der Waals surface area contributed by atoms with Crippen LogP contribution in [0.1, 0.15) is 38.0 Å². The number of benzene rings is 1. The molecule has 0 spiro atoms. The van der Waals surface area contributed by atoms with E-state index in [2.05, 4.69) is 4.74 Å². The number of ether oxygens (including phenoxy) is 2. The number of carboxylic acids is 2. The Labute approximate surface area is 142 Å². The fourth-order valence-electron chi connectivity index (χ4n) is 1.70. The lowest BCUT2D eigenvalue weighted by Gasteiger charge is -2.11. The summed E-state index contributed by atoms with van der Waals surface area (Å²) >= 11 is 0. The van der Waals surface area contributed by atoms with Crippen molar-refractivity contribution in [1.29, 1.82) is 0 Å². The third kappa shape index (κ3) is 6.07. The molecule has 1 aromatic carbocycles. The van der Waals surface area contributed by atoms with Gasteiger partial charge in [-0.1, -0.05) is 6.08 Å². The van der Waals surface area contributed by atoms with Gasteiger partial charge in [-0.25, -0.2) is 19.2 Å². The first-order valence-electron chi connectivity index (χ1n) is 7.01. The monoisotopic (exact) mass is 352 g/mol. The molecule has 0 bridgehead atoms. The molecule has 9 nitrogen and oxygen atoms in total. The largest absolute Gasteiger partial charge is 0.478 e. The third-order valence-electron chi connectivity index (χ3n) is 2.84. The number of carboxylic acid groups (broad SMARTS) is 2. The molecule has 1 atom stereocenters. The molecule has 0 heterocycles. The number of hydrogen-bond acceptors (Lipinski definition) is 7. The zero-order valence-corrected chi connectivity index (χ0v) is 13.2. The number of allylic oxidation sites excluding steroid dienone is 1. The van der Waals surface area contributed by atoms with E-state index in [1.165, 1.54) is 6.08 Å². The second-order valence-corrected chi connectivity index (χ2v) is 4.75. The Bertz CT molecular complexity index is 706. The summed E-state index contributed by atoms with van der Waals surface area (Å²) in [6, 6.07) is 2.93. The zero-order valence-electron chi connectivity index (χ0n) is 13.2. The lowest BCUT2D eigenvalue weighted by Crippen LogP contribution is -2.25. The average molecular weight is 352 g/mol. The highest BCUT2D eigenvalue weighted by molar-refractivity contribution is 6.03. The van der Waals surface area contributed by atoms with Gasteiger partial charge in [-0.15, -0.1) is 0 Å². The lowest BCUT2D eigenvalue weighted by molar-refractivity contribution is -0.141. The number of carbonyl (C=O) groups excluding carboxylic acids is 2. The van der Waals surface area contributed by atoms with Gasteiger partial charge in [0.15, 0.2) is 0 Å². The van der Waals surface area contributed by atoms with Crippen LogP contribution in [0.15, 0.2) is 30.4 Å². The summed E-state index contributed by atoms with van der Waals surface area (Å²) in [5, 5.41) is 27.5. The van der Waals surface area contributed by atoms with Gasteiger partial charge in [0, 0.05) is 6.08 Å². The van der Waals surface area contributed by atoms with Crippen LogP contribution in [0, 0.1) is 0 Å². The predicted molar refractivity (Wildman–Crippen MR) is 82.4 cm³/mol. The first-order valence-corrected chi connectivity index (χ1v) is 7.01. The van der Waals surface area contributed by atoms with E-state index in [1.54, 1.807) is 6.92 Å². The molecule has 25 heavy (non-hydrogen) atoms. The van der Waals surface area contributed by atoms with Gasteiger partial charge in [-0.05, 0) is 25.1 Å². The van der Waals surface area contributed by atoms with E-state index in [9.17, 15) is 24.3 Å². The molecular formula is C16H16O9. The van der Waals surface area contributed by atoms with Crippen LogP contribution >= 0.6 is 0 Å². The van der Waals surface area contributed by atoms with Gasteiger partial charge >= 0.3 is 23.9 Å². The zero-order chi connectivity index (χ0) is 19.0. The summed E-state index contributed by atoms with van der Waals surface area (Å²) in [6.45, 7) is 0.723. The van der Waals surface area contributed by atoms with Crippen LogP contribution in [-0.4, -0.2) is 58.5 Å². The van der Waals surface area contributed by atoms with Gasteiger partial charge < -0.3 is 24.8 Å². The van der Waals surface area contributed by atoms with Crippen molar-refractivity contribution in [3.8, 4) is 0 Å². The normalized spacial score (nSPS) is 11.8. The van der Waals surface area contributed by atoms with Gasteiger partial charge in [-0.3, -0.25) is 0 Å². The van der Waals surface area contributed by atoms with E-state index in [0.29, 0.717) is 0 Å². The van der Waals surface area contributed by atoms with Crippen molar-refractivity contribution in [3.05, 3.63) is 47.0 Å². The molecule has 1 rings (SSSR count). The summed E-state index contributed by atoms with van der Waals surface area (Å²) in [5.41, 5.74) is -1.23. The number of carbonyl (C=O) groups is 4. The smallest absolute Gasteiger partial charge is 0.338 e. The summed E-state index contributed by atoms with van der Waals surface area (Å²) in [4.78, 5) is 44.9. The highest BCUT2D eigenvalue weighted by Gasteiger charge is 2.20. The molecule has 0 aliphatic heterocycles. The van der Waals surface area contributed by atoms with E-state index in [0.717, 1.165) is 24.3 Å². The van der Waals surface area contributed by atoms with Crippen molar-refractivity contribution in [3.63, 3.8) is 0 Å². The second-order valence-electron chi connectivity index (χ2n) is 4.75. The maximum atomic E-state index is 11.9. The lowest BCUT2D eigenvalue weighted by atomic mass is 10.0. The Balaban J connectivity index is 2.68. The van der Waals surface area contributed by atoms with Gasteiger partial charge in [0.2, 0.25) is 0 Å². The number of aromatic carboxylic acids is 2. The van der Waals surface area contributed by atoms with E-state index in [4.69, 9.17) is 14.9 Å². The SMILES string of the molecule is CC=CC(=O)OCC(O)COC(=O)c1ccc(C(=O)O)c(C(=O)O)c1. The van der Waals surface area contributed by atoms with Crippen molar-refractivity contribution in [2.75, 3.05) is 13.2 Å². The first kappa shape index (κ1) is 19.8. The van der Waals surface area contributed by atoms with Crippen LogP contribution < -0.4 is 0 Å². The van der Waals surface area contributed by atoms with Crippen molar-refractivity contribution in [1.82, 2.24) is 0 Å². The van der Waals surface area contributed by atoms with Crippen LogP contribution in [0.5, 0.6) is 0 Å². The Morgan fingerprint density at radius 2 is 1.64 bits per heavy atom. The molecular weight excluding hydrogens is 336 g/mol. The number of rotatable bonds is 8.